The first-order valence-electron chi connectivity index (χ1n) is 6.32. The minimum absolute atomic E-state index is 0.0400. The van der Waals surface area contributed by atoms with Crippen molar-refractivity contribution >= 4 is 5.91 Å². The molecule has 1 aromatic heterocycles. The topological polar surface area (TPSA) is 62.5 Å². The molecule has 0 radical (unpaired) electrons. The van der Waals surface area contributed by atoms with Crippen LogP contribution in [0.1, 0.15) is 46.0 Å². The molecule has 0 fully saturated rings. The number of rotatable bonds is 6. The maximum absolute atomic E-state index is 12.0. The molecule has 1 aromatic rings. The van der Waals surface area contributed by atoms with Gasteiger partial charge in [0.2, 0.25) is 5.91 Å². The maximum atomic E-state index is 12.0. The molecule has 1 amide bonds. The zero-order valence-electron chi connectivity index (χ0n) is 11.6. The van der Waals surface area contributed by atoms with E-state index in [9.17, 15) is 9.90 Å². The Labute approximate surface area is 108 Å². The fourth-order valence-corrected chi connectivity index (χ4v) is 2.12. The van der Waals surface area contributed by atoms with Crippen LogP contribution in [0.25, 0.3) is 0 Å². The van der Waals surface area contributed by atoms with Crippen molar-refractivity contribution in [3.05, 3.63) is 24.2 Å². The Balaban J connectivity index is 2.45. The van der Waals surface area contributed by atoms with E-state index in [4.69, 9.17) is 4.42 Å². The first kappa shape index (κ1) is 14.8. The third-order valence-corrected chi connectivity index (χ3v) is 2.86. The maximum Gasteiger partial charge on any atom is 0.225 e. The van der Waals surface area contributed by atoms with E-state index in [1.165, 1.54) is 6.26 Å². The van der Waals surface area contributed by atoms with Crippen molar-refractivity contribution in [3.63, 3.8) is 0 Å². The van der Waals surface area contributed by atoms with Gasteiger partial charge in [-0.15, -0.1) is 0 Å². The molecule has 0 bridgehead atoms. The quantitative estimate of drug-likeness (QED) is 0.818. The SMILES string of the molecule is CC(C)CC(C)(C)C(=O)NCC(O)c1ccco1. The lowest BCUT2D eigenvalue weighted by Gasteiger charge is -2.26. The van der Waals surface area contributed by atoms with Crippen LogP contribution < -0.4 is 5.32 Å². The number of aliphatic hydroxyl groups is 1. The van der Waals surface area contributed by atoms with Crippen molar-refractivity contribution in [1.82, 2.24) is 5.32 Å². The van der Waals surface area contributed by atoms with Gasteiger partial charge in [-0.05, 0) is 24.5 Å². The molecular formula is C14H23NO3. The predicted molar refractivity (Wildman–Crippen MR) is 69.9 cm³/mol. The van der Waals surface area contributed by atoms with Crippen molar-refractivity contribution in [2.45, 2.75) is 40.2 Å². The molecule has 1 heterocycles. The van der Waals surface area contributed by atoms with Gasteiger partial charge in [-0.3, -0.25) is 4.79 Å². The van der Waals surface area contributed by atoms with E-state index in [1.807, 2.05) is 13.8 Å². The summed E-state index contributed by atoms with van der Waals surface area (Å²) in [5, 5.41) is 12.6. The van der Waals surface area contributed by atoms with Gasteiger partial charge in [-0.25, -0.2) is 0 Å². The van der Waals surface area contributed by atoms with Gasteiger partial charge in [0.15, 0.2) is 0 Å². The summed E-state index contributed by atoms with van der Waals surface area (Å²) < 4.78 is 5.08. The number of furan rings is 1. The van der Waals surface area contributed by atoms with Crippen molar-refractivity contribution in [2.24, 2.45) is 11.3 Å². The zero-order chi connectivity index (χ0) is 13.8. The molecule has 0 saturated heterocycles. The minimum atomic E-state index is -0.793. The highest BCUT2D eigenvalue weighted by molar-refractivity contribution is 5.81. The van der Waals surface area contributed by atoms with Gasteiger partial charge in [-0.1, -0.05) is 27.7 Å². The van der Waals surface area contributed by atoms with E-state index in [0.29, 0.717) is 11.7 Å². The van der Waals surface area contributed by atoms with Gasteiger partial charge in [0.25, 0.3) is 0 Å². The Bertz CT molecular complexity index is 368. The summed E-state index contributed by atoms with van der Waals surface area (Å²) in [7, 11) is 0. The number of amides is 1. The van der Waals surface area contributed by atoms with E-state index >= 15 is 0 Å². The minimum Gasteiger partial charge on any atom is -0.467 e. The highest BCUT2D eigenvalue weighted by Gasteiger charge is 2.28. The molecule has 1 atom stereocenters. The Morgan fingerprint density at radius 1 is 1.50 bits per heavy atom. The lowest BCUT2D eigenvalue weighted by molar-refractivity contribution is -0.130. The zero-order valence-corrected chi connectivity index (χ0v) is 11.6. The summed E-state index contributed by atoms with van der Waals surface area (Å²) in [4.78, 5) is 12.0. The third-order valence-electron chi connectivity index (χ3n) is 2.86. The second kappa shape index (κ2) is 6.05. The summed E-state index contributed by atoms with van der Waals surface area (Å²) >= 11 is 0. The molecule has 0 aromatic carbocycles. The molecular weight excluding hydrogens is 230 g/mol. The number of aliphatic hydroxyl groups excluding tert-OH is 1. The highest BCUT2D eigenvalue weighted by atomic mass is 16.4. The molecule has 0 aliphatic rings. The summed E-state index contributed by atoms with van der Waals surface area (Å²) in [5.41, 5.74) is -0.420. The fraction of sp³-hybridized carbons (Fsp3) is 0.643. The molecule has 18 heavy (non-hydrogen) atoms. The number of hydrogen-bond acceptors (Lipinski definition) is 3. The van der Waals surface area contributed by atoms with Crippen LogP contribution in [0.15, 0.2) is 22.8 Å². The summed E-state index contributed by atoms with van der Waals surface area (Å²) in [6, 6.07) is 3.40. The van der Waals surface area contributed by atoms with Gasteiger partial charge >= 0.3 is 0 Å². The van der Waals surface area contributed by atoms with Crippen molar-refractivity contribution in [1.29, 1.82) is 0 Å². The number of hydrogen-bond donors (Lipinski definition) is 2. The first-order chi connectivity index (χ1) is 8.33. The summed E-state index contributed by atoms with van der Waals surface area (Å²) in [6.45, 7) is 8.19. The third kappa shape index (κ3) is 4.18. The van der Waals surface area contributed by atoms with Crippen molar-refractivity contribution < 1.29 is 14.3 Å². The van der Waals surface area contributed by atoms with Crippen LogP contribution in [0.4, 0.5) is 0 Å². The standard InChI is InChI=1S/C14H23NO3/c1-10(2)8-14(3,4)13(17)15-9-11(16)12-6-5-7-18-12/h5-7,10-11,16H,8-9H2,1-4H3,(H,15,17). The van der Waals surface area contributed by atoms with E-state index in [-0.39, 0.29) is 12.5 Å². The van der Waals surface area contributed by atoms with Gasteiger partial charge in [0, 0.05) is 5.41 Å². The first-order valence-corrected chi connectivity index (χ1v) is 6.32. The molecule has 102 valence electrons. The van der Waals surface area contributed by atoms with Crippen molar-refractivity contribution in [2.75, 3.05) is 6.54 Å². The average molecular weight is 253 g/mol. The second-order valence-electron chi connectivity index (χ2n) is 5.72. The van der Waals surface area contributed by atoms with E-state index < -0.39 is 11.5 Å². The predicted octanol–water partition coefficient (Wildman–Crippen LogP) is 2.50. The van der Waals surface area contributed by atoms with Crippen LogP contribution >= 0.6 is 0 Å². The second-order valence-corrected chi connectivity index (χ2v) is 5.72. The van der Waals surface area contributed by atoms with Crippen LogP contribution in [-0.2, 0) is 4.79 Å². The molecule has 0 aliphatic carbocycles. The van der Waals surface area contributed by atoms with Gasteiger partial charge in [0.1, 0.15) is 11.9 Å². The van der Waals surface area contributed by atoms with Crippen LogP contribution in [0.3, 0.4) is 0 Å². The summed E-state index contributed by atoms with van der Waals surface area (Å²) in [6.07, 6.45) is 1.53. The molecule has 2 N–H and O–H groups in total. The van der Waals surface area contributed by atoms with Crippen LogP contribution in [0.2, 0.25) is 0 Å². The van der Waals surface area contributed by atoms with Crippen LogP contribution in [0.5, 0.6) is 0 Å². The average Bonchev–Trinajstić information content (AvgIpc) is 2.76. The van der Waals surface area contributed by atoms with E-state index in [1.54, 1.807) is 12.1 Å². The Hall–Kier alpha value is -1.29. The van der Waals surface area contributed by atoms with Gasteiger partial charge in [0.05, 0.1) is 12.8 Å². The van der Waals surface area contributed by atoms with Gasteiger partial charge < -0.3 is 14.8 Å². The highest BCUT2D eigenvalue weighted by Crippen LogP contribution is 2.25. The molecule has 0 spiro atoms. The number of carbonyl (C=O) groups is 1. The lowest BCUT2D eigenvalue weighted by Crippen LogP contribution is -2.39. The van der Waals surface area contributed by atoms with Crippen LogP contribution in [-0.4, -0.2) is 17.6 Å². The van der Waals surface area contributed by atoms with E-state index in [0.717, 1.165) is 6.42 Å². The number of carbonyl (C=O) groups excluding carboxylic acids is 1. The Kier molecular flexibility index (Phi) is 4.96. The smallest absolute Gasteiger partial charge is 0.225 e. The molecule has 4 nitrogen and oxygen atoms in total. The summed E-state index contributed by atoms with van der Waals surface area (Å²) in [5.74, 6) is 0.888. The molecule has 0 saturated carbocycles. The van der Waals surface area contributed by atoms with Crippen LogP contribution in [0, 0.1) is 11.3 Å². The number of nitrogens with one attached hydrogen (secondary N) is 1. The molecule has 1 unspecified atom stereocenters. The Morgan fingerprint density at radius 3 is 2.67 bits per heavy atom. The largest absolute Gasteiger partial charge is 0.467 e. The van der Waals surface area contributed by atoms with Crippen molar-refractivity contribution in [3.8, 4) is 0 Å². The van der Waals surface area contributed by atoms with Gasteiger partial charge in [-0.2, -0.15) is 0 Å². The fourth-order valence-electron chi connectivity index (χ4n) is 2.12. The molecule has 4 heteroatoms. The molecule has 1 rings (SSSR count). The monoisotopic (exact) mass is 253 g/mol. The Morgan fingerprint density at radius 2 is 2.17 bits per heavy atom. The normalized spacial score (nSPS) is 13.7. The molecule has 0 aliphatic heterocycles. The van der Waals surface area contributed by atoms with E-state index in [2.05, 4.69) is 19.2 Å². The lowest BCUT2D eigenvalue weighted by atomic mass is 9.83.